The molecule has 0 fully saturated rings. The van der Waals surface area contributed by atoms with E-state index in [1.165, 1.54) is 4.88 Å². The zero-order valence-corrected chi connectivity index (χ0v) is 15.5. The fourth-order valence-corrected chi connectivity index (χ4v) is 5.02. The van der Waals surface area contributed by atoms with E-state index in [1.807, 2.05) is 12.1 Å². The number of benzene rings is 1. The summed E-state index contributed by atoms with van der Waals surface area (Å²) < 4.78 is 11.0. The molecular weight excluding hydrogens is 362 g/mol. The van der Waals surface area contributed by atoms with Gasteiger partial charge in [0.25, 0.3) is 5.56 Å². The van der Waals surface area contributed by atoms with Gasteiger partial charge in [-0.25, -0.2) is 4.98 Å². The highest BCUT2D eigenvalue weighted by Crippen LogP contribution is 2.34. The molecule has 0 bridgehead atoms. The van der Waals surface area contributed by atoms with Crippen molar-refractivity contribution in [1.29, 1.82) is 5.41 Å². The minimum absolute atomic E-state index is 0.0594. The summed E-state index contributed by atoms with van der Waals surface area (Å²) in [4.78, 5) is 22.3. The minimum atomic E-state index is -0.139. The zero-order chi connectivity index (χ0) is 18.5. The molecule has 6 nitrogen and oxygen atoms in total. The van der Waals surface area contributed by atoms with E-state index in [1.54, 1.807) is 30.6 Å². The molecule has 0 aliphatic heterocycles. The molecular formula is C20H17N3O3S. The number of aromatic nitrogens is 2. The van der Waals surface area contributed by atoms with Crippen molar-refractivity contribution < 1.29 is 9.15 Å². The minimum Gasteiger partial charge on any atom is -0.493 e. The van der Waals surface area contributed by atoms with Gasteiger partial charge in [0.1, 0.15) is 10.7 Å². The number of nitrogens with one attached hydrogen (secondary N) is 2. The van der Waals surface area contributed by atoms with Gasteiger partial charge >= 0.3 is 0 Å². The fraction of sp³-hybridized carbons (Fsp3) is 0.250. The number of hydrogen-bond acceptors (Lipinski definition) is 6. The van der Waals surface area contributed by atoms with Gasteiger partial charge in [0.05, 0.1) is 18.1 Å². The third-order valence-electron chi connectivity index (χ3n) is 5.06. The number of aryl methyl sites for hydroxylation is 2. The second kappa shape index (κ2) is 6.06. The second-order valence-corrected chi connectivity index (χ2v) is 7.76. The van der Waals surface area contributed by atoms with Crippen molar-refractivity contribution in [3.8, 4) is 17.1 Å². The van der Waals surface area contributed by atoms with Crippen LogP contribution in [0.5, 0.6) is 5.75 Å². The van der Waals surface area contributed by atoms with Gasteiger partial charge in [-0.3, -0.25) is 10.2 Å². The Morgan fingerprint density at radius 2 is 2.15 bits per heavy atom. The predicted molar refractivity (Wildman–Crippen MR) is 104 cm³/mol. The van der Waals surface area contributed by atoms with E-state index in [-0.39, 0.29) is 11.1 Å². The highest BCUT2D eigenvalue weighted by molar-refractivity contribution is 7.18. The van der Waals surface area contributed by atoms with Gasteiger partial charge in [0.2, 0.25) is 5.55 Å². The largest absolute Gasteiger partial charge is 0.493 e. The predicted octanol–water partition coefficient (Wildman–Crippen LogP) is 3.76. The van der Waals surface area contributed by atoms with Crippen LogP contribution in [0.25, 0.3) is 32.6 Å². The Kier molecular flexibility index (Phi) is 3.65. The smallest absolute Gasteiger partial charge is 0.260 e. The Morgan fingerprint density at radius 3 is 3.00 bits per heavy atom. The molecule has 0 spiro atoms. The molecule has 1 aliphatic carbocycles. The van der Waals surface area contributed by atoms with Gasteiger partial charge < -0.3 is 14.1 Å². The first-order valence-corrected chi connectivity index (χ1v) is 9.68. The molecule has 1 aliphatic rings. The maximum Gasteiger partial charge on any atom is 0.260 e. The second-order valence-electron chi connectivity index (χ2n) is 6.67. The molecule has 0 atom stereocenters. The lowest BCUT2D eigenvalue weighted by atomic mass is 9.97. The SMILES string of the molecule is COc1cccc2cc(-c3nc4sc5c(c4c(=O)[nH]3)CCCC5)c(=N)oc12. The summed E-state index contributed by atoms with van der Waals surface area (Å²) in [5.41, 5.74) is 1.92. The number of rotatable bonds is 2. The number of hydrogen-bond donors (Lipinski definition) is 2. The van der Waals surface area contributed by atoms with Crippen molar-refractivity contribution in [2.75, 3.05) is 7.11 Å². The molecule has 1 aromatic carbocycles. The molecule has 0 amide bonds. The first-order chi connectivity index (χ1) is 13.2. The van der Waals surface area contributed by atoms with Crippen LogP contribution in [0.3, 0.4) is 0 Å². The first-order valence-electron chi connectivity index (χ1n) is 8.86. The molecule has 3 aromatic heterocycles. The van der Waals surface area contributed by atoms with Crippen molar-refractivity contribution in [2.45, 2.75) is 25.7 Å². The Balaban J connectivity index is 1.75. The van der Waals surface area contributed by atoms with E-state index in [0.29, 0.717) is 28.1 Å². The molecule has 0 saturated carbocycles. The van der Waals surface area contributed by atoms with Crippen molar-refractivity contribution in [3.63, 3.8) is 0 Å². The maximum absolute atomic E-state index is 12.8. The van der Waals surface area contributed by atoms with Crippen LogP contribution in [0.2, 0.25) is 0 Å². The van der Waals surface area contributed by atoms with Crippen LogP contribution in [0.15, 0.2) is 33.5 Å². The van der Waals surface area contributed by atoms with Crippen LogP contribution in [-0.4, -0.2) is 17.1 Å². The quantitative estimate of drug-likeness (QED) is 0.555. The molecule has 0 radical (unpaired) electrons. The number of fused-ring (bicyclic) bond motifs is 4. The van der Waals surface area contributed by atoms with Crippen LogP contribution in [-0.2, 0) is 12.8 Å². The Bertz CT molecular complexity index is 1320. The molecule has 136 valence electrons. The van der Waals surface area contributed by atoms with Gasteiger partial charge in [0, 0.05) is 10.3 Å². The highest BCUT2D eigenvalue weighted by Gasteiger charge is 2.21. The molecule has 2 N–H and O–H groups in total. The molecule has 7 heteroatoms. The van der Waals surface area contributed by atoms with E-state index in [4.69, 9.17) is 14.6 Å². The number of para-hydroxylation sites is 1. The fourth-order valence-electron chi connectivity index (χ4n) is 3.76. The van der Waals surface area contributed by atoms with Crippen molar-refractivity contribution in [3.05, 3.63) is 50.6 Å². The van der Waals surface area contributed by atoms with E-state index in [2.05, 4.69) is 9.97 Å². The zero-order valence-electron chi connectivity index (χ0n) is 14.7. The van der Waals surface area contributed by atoms with Gasteiger partial charge in [-0.15, -0.1) is 11.3 Å². The third kappa shape index (κ3) is 2.49. The lowest BCUT2D eigenvalue weighted by molar-refractivity contribution is 0.405. The maximum atomic E-state index is 12.8. The number of H-pyrrole nitrogens is 1. The van der Waals surface area contributed by atoms with Crippen LogP contribution in [0, 0.1) is 5.41 Å². The van der Waals surface area contributed by atoms with Crippen LogP contribution >= 0.6 is 11.3 Å². The van der Waals surface area contributed by atoms with E-state index in [9.17, 15) is 4.79 Å². The number of nitrogens with zero attached hydrogens (tertiary/aromatic N) is 1. The Morgan fingerprint density at radius 1 is 1.30 bits per heavy atom. The number of aromatic amines is 1. The Hall–Kier alpha value is -2.93. The standard InChI is InChI=1S/C20H17N3O3S/c1-25-13-7-4-5-10-9-12(17(21)26-16(10)13)18-22-19(24)15-11-6-2-3-8-14(11)27-20(15)23-18/h4-5,7,9,21H,2-3,6,8H2,1H3,(H,22,23,24). The van der Waals surface area contributed by atoms with Crippen LogP contribution in [0.4, 0.5) is 0 Å². The topological polar surface area (TPSA) is 92.0 Å². The van der Waals surface area contributed by atoms with Crippen molar-refractivity contribution in [1.82, 2.24) is 9.97 Å². The first kappa shape index (κ1) is 16.3. The average molecular weight is 379 g/mol. The summed E-state index contributed by atoms with van der Waals surface area (Å²) in [6.45, 7) is 0. The van der Waals surface area contributed by atoms with E-state index < -0.39 is 0 Å². The van der Waals surface area contributed by atoms with Crippen LogP contribution < -0.4 is 15.9 Å². The average Bonchev–Trinajstić information content (AvgIpc) is 3.05. The van der Waals surface area contributed by atoms with Gasteiger partial charge in [-0.05, 0) is 43.4 Å². The molecule has 5 rings (SSSR count). The number of ether oxygens (including phenoxy) is 1. The Labute approximate surface area is 158 Å². The van der Waals surface area contributed by atoms with Gasteiger partial charge in [-0.1, -0.05) is 12.1 Å². The number of thiophene rings is 1. The van der Waals surface area contributed by atoms with E-state index in [0.717, 1.165) is 41.5 Å². The summed E-state index contributed by atoms with van der Waals surface area (Å²) in [6.07, 6.45) is 4.23. The van der Waals surface area contributed by atoms with Gasteiger partial charge in [-0.2, -0.15) is 0 Å². The van der Waals surface area contributed by atoms with Crippen molar-refractivity contribution in [2.24, 2.45) is 0 Å². The van der Waals surface area contributed by atoms with Gasteiger partial charge in [0.15, 0.2) is 11.3 Å². The molecule has 3 heterocycles. The summed E-state index contributed by atoms with van der Waals surface area (Å²) in [5.74, 6) is 0.931. The van der Waals surface area contributed by atoms with Crippen molar-refractivity contribution >= 4 is 32.5 Å². The number of methoxy groups -OCH3 is 1. The third-order valence-corrected chi connectivity index (χ3v) is 6.24. The lowest BCUT2D eigenvalue weighted by Crippen LogP contribution is -2.14. The summed E-state index contributed by atoms with van der Waals surface area (Å²) >= 11 is 1.60. The highest BCUT2D eigenvalue weighted by atomic mass is 32.1. The molecule has 0 unspecified atom stereocenters. The van der Waals surface area contributed by atoms with Crippen LogP contribution in [0.1, 0.15) is 23.3 Å². The monoisotopic (exact) mass is 379 g/mol. The molecule has 27 heavy (non-hydrogen) atoms. The molecule has 4 aromatic rings. The summed E-state index contributed by atoms with van der Waals surface area (Å²) in [7, 11) is 1.56. The summed E-state index contributed by atoms with van der Waals surface area (Å²) in [6, 6.07) is 7.33. The molecule has 0 saturated heterocycles. The summed E-state index contributed by atoms with van der Waals surface area (Å²) in [5, 5.41) is 9.79. The lowest BCUT2D eigenvalue weighted by Gasteiger charge is -2.09. The van der Waals surface area contributed by atoms with E-state index >= 15 is 0 Å². The normalized spacial score (nSPS) is 13.8.